The van der Waals surface area contributed by atoms with Crippen LogP contribution in [0.1, 0.15) is 13.3 Å². The largest absolute Gasteiger partial charge is 0.301 e. The summed E-state index contributed by atoms with van der Waals surface area (Å²) in [6, 6.07) is 0.378. The van der Waals surface area contributed by atoms with Gasteiger partial charge in [-0.05, 0) is 13.5 Å². The van der Waals surface area contributed by atoms with E-state index in [4.69, 9.17) is 0 Å². The Bertz CT molecular complexity index is 263. The van der Waals surface area contributed by atoms with Crippen molar-refractivity contribution in [1.29, 1.82) is 0 Å². The summed E-state index contributed by atoms with van der Waals surface area (Å²) in [7, 11) is -0.936. The van der Waals surface area contributed by atoms with Crippen LogP contribution in [-0.2, 0) is 10.0 Å². The summed E-state index contributed by atoms with van der Waals surface area (Å²) in [4.78, 5) is 2.22. The van der Waals surface area contributed by atoms with Crippen molar-refractivity contribution in [2.75, 3.05) is 32.9 Å². The molecule has 1 heterocycles. The number of sulfonamides is 1. The van der Waals surface area contributed by atoms with Crippen molar-refractivity contribution in [2.24, 2.45) is 0 Å². The van der Waals surface area contributed by atoms with Gasteiger partial charge < -0.3 is 4.90 Å². The number of hydrogen-bond donors (Lipinski definition) is 0. The molecule has 1 aliphatic rings. The molecule has 0 radical (unpaired) electrons. The van der Waals surface area contributed by atoms with Crippen LogP contribution >= 0.6 is 0 Å². The van der Waals surface area contributed by atoms with Crippen molar-refractivity contribution in [3.05, 3.63) is 0 Å². The fraction of sp³-hybridized carbons (Fsp3) is 1.00. The van der Waals surface area contributed by atoms with Crippen LogP contribution in [0.5, 0.6) is 0 Å². The zero-order chi connectivity index (χ0) is 10.1. The minimum absolute atomic E-state index is 0.378. The molecule has 1 rings (SSSR count). The van der Waals surface area contributed by atoms with Crippen molar-refractivity contribution < 1.29 is 8.42 Å². The van der Waals surface area contributed by atoms with Gasteiger partial charge in [-0.25, -0.2) is 8.42 Å². The van der Waals surface area contributed by atoms with E-state index in [0.29, 0.717) is 19.1 Å². The number of hydrogen-bond acceptors (Lipinski definition) is 3. The molecule has 1 aliphatic heterocycles. The van der Waals surface area contributed by atoms with Crippen molar-refractivity contribution >= 4 is 10.0 Å². The lowest BCUT2D eigenvalue weighted by molar-refractivity contribution is 0.144. The van der Waals surface area contributed by atoms with Gasteiger partial charge in [0.2, 0.25) is 10.0 Å². The van der Waals surface area contributed by atoms with E-state index in [0.717, 1.165) is 13.0 Å². The Labute approximate surface area is 80.6 Å². The highest BCUT2D eigenvalue weighted by atomic mass is 32.2. The van der Waals surface area contributed by atoms with E-state index in [1.807, 2.05) is 7.05 Å². The number of nitrogens with zero attached hydrogens (tertiary/aromatic N) is 2. The molecule has 0 N–H and O–H groups in total. The average molecular weight is 206 g/mol. The Morgan fingerprint density at radius 2 is 2.00 bits per heavy atom. The fourth-order valence-corrected chi connectivity index (χ4v) is 2.52. The van der Waals surface area contributed by atoms with Gasteiger partial charge in [-0.2, -0.15) is 4.31 Å². The lowest BCUT2D eigenvalue weighted by Crippen LogP contribution is -2.52. The van der Waals surface area contributed by atoms with Crippen LogP contribution in [0.2, 0.25) is 0 Å². The van der Waals surface area contributed by atoms with Crippen LogP contribution in [0.3, 0.4) is 0 Å². The lowest BCUT2D eigenvalue weighted by Gasteiger charge is -2.37. The molecule has 1 atom stereocenters. The summed E-state index contributed by atoms with van der Waals surface area (Å²) in [6.45, 7) is 4.20. The Morgan fingerprint density at radius 3 is 2.46 bits per heavy atom. The van der Waals surface area contributed by atoms with Gasteiger partial charge in [0.15, 0.2) is 0 Å². The predicted octanol–water partition coefficient (Wildman–Crippen LogP) is -0.0280. The van der Waals surface area contributed by atoms with E-state index in [2.05, 4.69) is 11.8 Å². The first-order valence-electron chi connectivity index (χ1n) is 4.60. The SMILES string of the molecule is CCC1CN(S(C)(=O)=O)CCN1C. The van der Waals surface area contributed by atoms with Crippen LogP contribution < -0.4 is 0 Å². The molecule has 4 nitrogen and oxygen atoms in total. The van der Waals surface area contributed by atoms with Crippen LogP contribution in [0, 0.1) is 0 Å². The maximum atomic E-state index is 11.3. The van der Waals surface area contributed by atoms with Crippen molar-refractivity contribution in [3.63, 3.8) is 0 Å². The van der Waals surface area contributed by atoms with Crippen LogP contribution in [0.4, 0.5) is 0 Å². The first-order valence-corrected chi connectivity index (χ1v) is 6.45. The fourth-order valence-electron chi connectivity index (χ4n) is 1.66. The second-order valence-corrected chi connectivity index (χ2v) is 5.65. The van der Waals surface area contributed by atoms with Gasteiger partial charge in [0.05, 0.1) is 6.26 Å². The molecule has 13 heavy (non-hydrogen) atoms. The molecule has 78 valence electrons. The molecule has 0 aromatic carbocycles. The van der Waals surface area contributed by atoms with Crippen LogP contribution in [0.15, 0.2) is 0 Å². The first-order chi connectivity index (χ1) is 5.95. The van der Waals surface area contributed by atoms with Crippen molar-refractivity contribution in [1.82, 2.24) is 9.21 Å². The third kappa shape index (κ3) is 2.65. The number of rotatable bonds is 2. The molecular weight excluding hydrogens is 188 g/mol. The molecule has 1 saturated heterocycles. The molecule has 0 aliphatic carbocycles. The summed E-state index contributed by atoms with van der Waals surface area (Å²) < 4.78 is 24.1. The van der Waals surface area contributed by atoms with E-state index in [1.54, 1.807) is 4.31 Å². The molecule has 0 spiro atoms. The van der Waals surface area contributed by atoms with Crippen molar-refractivity contribution in [2.45, 2.75) is 19.4 Å². The third-order valence-corrected chi connectivity index (χ3v) is 3.95. The van der Waals surface area contributed by atoms with Gasteiger partial charge in [-0.1, -0.05) is 6.92 Å². The molecular formula is C8H18N2O2S. The maximum Gasteiger partial charge on any atom is 0.211 e. The topological polar surface area (TPSA) is 40.6 Å². The standard InChI is InChI=1S/C8H18N2O2S/c1-4-8-7-10(13(3,11)12)6-5-9(8)2/h8H,4-7H2,1-3H3. The third-order valence-electron chi connectivity index (χ3n) is 2.68. The lowest BCUT2D eigenvalue weighted by atomic mass is 10.1. The molecule has 0 aromatic heterocycles. The van der Waals surface area contributed by atoms with E-state index < -0.39 is 10.0 Å². The Kier molecular flexibility index (Phi) is 3.32. The van der Waals surface area contributed by atoms with Crippen molar-refractivity contribution in [3.8, 4) is 0 Å². The average Bonchev–Trinajstić information content (AvgIpc) is 2.03. The van der Waals surface area contributed by atoms with Gasteiger partial charge in [-0.15, -0.1) is 0 Å². The molecule has 0 saturated carbocycles. The normalized spacial score (nSPS) is 27.8. The van der Waals surface area contributed by atoms with Gasteiger partial charge in [0, 0.05) is 25.7 Å². The molecule has 1 fully saturated rings. The molecule has 0 aromatic rings. The zero-order valence-corrected chi connectivity index (χ0v) is 9.34. The summed E-state index contributed by atoms with van der Waals surface area (Å²) in [6.07, 6.45) is 2.29. The van der Waals surface area contributed by atoms with Crippen LogP contribution in [-0.4, -0.2) is 56.6 Å². The number of likely N-dealkylation sites (N-methyl/N-ethyl adjacent to an activating group) is 1. The minimum atomic E-state index is -2.99. The summed E-state index contributed by atoms with van der Waals surface area (Å²) >= 11 is 0. The monoisotopic (exact) mass is 206 g/mol. The van der Waals surface area contributed by atoms with Gasteiger partial charge in [0.25, 0.3) is 0 Å². The number of piperazine rings is 1. The second kappa shape index (κ2) is 3.94. The Balaban J connectivity index is 2.65. The predicted molar refractivity (Wildman–Crippen MR) is 53.1 cm³/mol. The highest BCUT2D eigenvalue weighted by Crippen LogP contribution is 2.12. The first kappa shape index (κ1) is 10.9. The maximum absolute atomic E-state index is 11.3. The Hall–Kier alpha value is -0.130. The smallest absolute Gasteiger partial charge is 0.211 e. The molecule has 5 heteroatoms. The summed E-state index contributed by atoms with van der Waals surface area (Å²) in [5.41, 5.74) is 0. The minimum Gasteiger partial charge on any atom is -0.301 e. The highest BCUT2D eigenvalue weighted by molar-refractivity contribution is 7.88. The Morgan fingerprint density at radius 1 is 1.38 bits per heavy atom. The highest BCUT2D eigenvalue weighted by Gasteiger charge is 2.27. The summed E-state index contributed by atoms with van der Waals surface area (Å²) in [5.74, 6) is 0. The quantitative estimate of drug-likeness (QED) is 0.637. The van der Waals surface area contributed by atoms with Gasteiger partial charge in [0.1, 0.15) is 0 Å². The second-order valence-electron chi connectivity index (χ2n) is 3.66. The van der Waals surface area contributed by atoms with E-state index in [1.165, 1.54) is 6.26 Å². The van der Waals surface area contributed by atoms with Gasteiger partial charge >= 0.3 is 0 Å². The summed E-state index contributed by atoms with van der Waals surface area (Å²) in [5, 5.41) is 0. The van der Waals surface area contributed by atoms with E-state index in [-0.39, 0.29) is 0 Å². The zero-order valence-electron chi connectivity index (χ0n) is 8.52. The molecule has 0 amide bonds. The van der Waals surface area contributed by atoms with E-state index in [9.17, 15) is 8.42 Å². The van der Waals surface area contributed by atoms with Gasteiger partial charge in [-0.3, -0.25) is 0 Å². The molecule has 1 unspecified atom stereocenters. The molecule has 0 bridgehead atoms. The van der Waals surface area contributed by atoms with E-state index >= 15 is 0 Å². The van der Waals surface area contributed by atoms with Crippen LogP contribution in [0.25, 0.3) is 0 Å².